The maximum Gasteiger partial charge on any atom is 0.231 e. The van der Waals surface area contributed by atoms with Gasteiger partial charge in [-0.1, -0.05) is 31.6 Å². The van der Waals surface area contributed by atoms with E-state index in [0.717, 1.165) is 25.9 Å². The maximum atomic E-state index is 13.4. The first kappa shape index (κ1) is 18.0. The van der Waals surface area contributed by atoms with E-state index in [1.807, 2.05) is 0 Å². The zero-order chi connectivity index (χ0) is 19.4. The lowest BCUT2D eigenvalue weighted by Crippen LogP contribution is -2.59. The molecule has 2 aliphatic heterocycles. The van der Waals surface area contributed by atoms with Crippen molar-refractivity contribution in [3.63, 3.8) is 0 Å². The molecule has 2 aromatic rings. The third-order valence-corrected chi connectivity index (χ3v) is 7.13. The Labute approximate surface area is 167 Å². The monoisotopic (exact) mass is 377 g/mol. The average Bonchev–Trinajstić information content (AvgIpc) is 3.10. The van der Waals surface area contributed by atoms with Crippen LogP contribution in [0, 0.1) is 5.92 Å². The highest BCUT2D eigenvalue weighted by atomic mass is 16.2. The number of benzene rings is 1. The number of fused-ring (bicyclic) bond motifs is 2. The predicted molar refractivity (Wildman–Crippen MR) is 114 cm³/mol. The van der Waals surface area contributed by atoms with Gasteiger partial charge in [-0.15, -0.1) is 0 Å². The molecule has 4 atom stereocenters. The molecule has 3 aliphatic rings. The lowest BCUT2D eigenvalue weighted by atomic mass is 9.79. The summed E-state index contributed by atoms with van der Waals surface area (Å²) in [6.07, 6.45) is 9.05. The molecule has 28 heavy (non-hydrogen) atoms. The standard InChI is InChI=1S/C24H31N3O/c1-4-5-9-26-14-18(24(28)27-15(2)10-16(27)3)11-20-19-7-6-8-21-23(19)17(13-25-21)12-22(20)26/h6-8,11,13,15-16,18,22,25H,4-5,9-10,12,14H2,1-3H3/t15?,16?,18-,22-/m1/s1. The van der Waals surface area contributed by atoms with Crippen LogP contribution in [0.15, 0.2) is 30.5 Å². The van der Waals surface area contributed by atoms with Crippen molar-refractivity contribution in [2.24, 2.45) is 5.92 Å². The number of unbranched alkanes of at least 4 members (excludes halogenated alkanes) is 1. The molecule has 148 valence electrons. The van der Waals surface area contributed by atoms with Gasteiger partial charge in [0.15, 0.2) is 0 Å². The highest BCUT2D eigenvalue weighted by molar-refractivity contribution is 5.99. The van der Waals surface area contributed by atoms with Crippen LogP contribution in [-0.4, -0.2) is 51.9 Å². The Hall–Kier alpha value is -2.07. The molecule has 0 spiro atoms. The Morgan fingerprint density at radius 2 is 2.07 bits per heavy atom. The van der Waals surface area contributed by atoms with Crippen LogP contribution in [0.2, 0.25) is 0 Å². The van der Waals surface area contributed by atoms with Gasteiger partial charge in [-0.2, -0.15) is 0 Å². The second-order valence-corrected chi connectivity index (χ2v) is 9.02. The molecule has 1 N–H and O–H groups in total. The highest BCUT2D eigenvalue weighted by Gasteiger charge is 2.42. The molecule has 1 aliphatic carbocycles. The lowest BCUT2D eigenvalue weighted by molar-refractivity contribution is -0.146. The number of amides is 1. The molecule has 5 rings (SSSR count). The van der Waals surface area contributed by atoms with Crippen LogP contribution in [0.25, 0.3) is 16.5 Å². The topological polar surface area (TPSA) is 39.3 Å². The molecule has 2 unspecified atom stereocenters. The van der Waals surface area contributed by atoms with E-state index in [1.54, 1.807) is 0 Å². The predicted octanol–water partition coefficient (Wildman–Crippen LogP) is 4.22. The number of nitrogens with zero attached hydrogens (tertiary/aromatic N) is 2. The summed E-state index contributed by atoms with van der Waals surface area (Å²) in [5, 5.41) is 1.36. The first-order chi connectivity index (χ1) is 13.6. The van der Waals surface area contributed by atoms with Crippen molar-refractivity contribution in [3.8, 4) is 0 Å². The van der Waals surface area contributed by atoms with Crippen molar-refractivity contribution in [2.75, 3.05) is 13.1 Å². The zero-order valence-corrected chi connectivity index (χ0v) is 17.2. The summed E-state index contributed by atoms with van der Waals surface area (Å²) >= 11 is 0. The fourth-order valence-electron chi connectivity index (χ4n) is 5.73. The van der Waals surface area contributed by atoms with Crippen molar-refractivity contribution in [1.82, 2.24) is 14.8 Å². The number of aromatic amines is 1. The molecular weight excluding hydrogens is 346 g/mol. The number of carbonyl (C=O) groups is 1. The van der Waals surface area contributed by atoms with E-state index >= 15 is 0 Å². The number of rotatable bonds is 4. The molecule has 3 heterocycles. The van der Waals surface area contributed by atoms with Gasteiger partial charge in [-0.05, 0) is 62.4 Å². The molecule has 1 aromatic carbocycles. The van der Waals surface area contributed by atoms with Crippen LogP contribution < -0.4 is 0 Å². The lowest BCUT2D eigenvalue weighted by Gasteiger charge is -2.49. The first-order valence-corrected chi connectivity index (χ1v) is 11.0. The van der Waals surface area contributed by atoms with Crippen molar-refractivity contribution >= 4 is 22.4 Å². The van der Waals surface area contributed by atoms with Crippen molar-refractivity contribution in [3.05, 3.63) is 41.6 Å². The molecule has 1 amide bonds. The van der Waals surface area contributed by atoms with Gasteiger partial charge in [0.05, 0.1) is 5.92 Å². The zero-order valence-electron chi connectivity index (χ0n) is 17.2. The van der Waals surface area contributed by atoms with Crippen LogP contribution in [0.4, 0.5) is 0 Å². The number of aromatic nitrogens is 1. The molecule has 4 heteroatoms. The smallest absolute Gasteiger partial charge is 0.231 e. The molecule has 1 aromatic heterocycles. The quantitative estimate of drug-likeness (QED) is 0.867. The van der Waals surface area contributed by atoms with Crippen LogP contribution in [-0.2, 0) is 11.2 Å². The summed E-state index contributed by atoms with van der Waals surface area (Å²) in [6.45, 7) is 8.54. The van der Waals surface area contributed by atoms with E-state index in [9.17, 15) is 4.79 Å². The summed E-state index contributed by atoms with van der Waals surface area (Å²) in [5.41, 5.74) is 5.34. The van der Waals surface area contributed by atoms with Crippen LogP contribution in [0.5, 0.6) is 0 Å². The van der Waals surface area contributed by atoms with Gasteiger partial charge in [0, 0.05) is 41.8 Å². The second-order valence-electron chi connectivity index (χ2n) is 9.02. The molecular formula is C24H31N3O. The fourth-order valence-corrected chi connectivity index (χ4v) is 5.73. The third kappa shape index (κ3) is 2.65. The number of H-pyrrole nitrogens is 1. The van der Waals surface area contributed by atoms with Gasteiger partial charge in [0.25, 0.3) is 0 Å². The van der Waals surface area contributed by atoms with Gasteiger partial charge in [0.2, 0.25) is 5.91 Å². The number of hydrogen-bond donors (Lipinski definition) is 1. The van der Waals surface area contributed by atoms with Gasteiger partial charge >= 0.3 is 0 Å². The van der Waals surface area contributed by atoms with Crippen LogP contribution >= 0.6 is 0 Å². The average molecular weight is 378 g/mol. The first-order valence-electron chi connectivity index (χ1n) is 11.0. The van der Waals surface area contributed by atoms with Crippen LogP contribution in [0.1, 0.15) is 51.2 Å². The van der Waals surface area contributed by atoms with E-state index in [1.165, 1.54) is 40.4 Å². The molecule has 0 saturated carbocycles. The highest BCUT2D eigenvalue weighted by Crippen LogP contribution is 2.42. The molecule has 0 radical (unpaired) electrons. The SMILES string of the molecule is CCCCN1C[C@H](C(=O)N2C(C)CC2C)C=C2c3cccc4[nH]cc(c34)C[C@H]21. The summed E-state index contributed by atoms with van der Waals surface area (Å²) < 4.78 is 0. The normalized spacial score (nSPS) is 29.4. The minimum Gasteiger partial charge on any atom is -0.361 e. The summed E-state index contributed by atoms with van der Waals surface area (Å²) in [6, 6.07) is 7.71. The van der Waals surface area contributed by atoms with E-state index in [2.05, 4.69) is 66.0 Å². The van der Waals surface area contributed by atoms with Gasteiger partial charge < -0.3 is 9.88 Å². The van der Waals surface area contributed by atoms with E-state index in [-0.39, 0.29) is 5.92 Å². The summed E-state index contributed by atoms with van der Waals surface area (Å²) in [5.74, 6) is 0.301. The fraction of sp³-hybridized carbons (Fsp3) is 0.542. The van der Waals surface area contributed by atoms with E-state index in [0.29, 0.717) is 24.0 Å². The second kappa shape index (κ2) is 6.77. The van der Waals surface area contributed by atoms with Crippen molar-refractivity contribution in [1.29, 1.82) is 0 Å². The molecule has 4 nitrogen and oxygen atoms in total. The van der Waals surface area contributed by atoms with Crippen LogP contribution in [0.3, 0.4) is 0 Å². The third-order valence-electron chi connectivity index (χ3n) is 7.13. The van der Waals surface area contributed by atoms with Gasteiger partial charge in [-0.3, -0.25) is 9.69 Å². The Morgan fingerprint density at radius 1 is 1.25 bits per heavy atom. The molecule has 0 bridgehead atoms. The van der Waals surface area contributed by atoms with Gasteiger partial charge in [-0.25, -0.2) is 0 Å². The summed E-state index contributed by atoms with van der Waals surface area (Å²) in [7, 11) is 0. The molecule has 1 saturated heterocycles. The Kier molecular flexibility index (Phi) is 4.35. The largest absolute Gasteiger partial charge is 0.361 e. The number of hydrogen-bond acceptors (Lipinski definition) is 2. The Bertz CT molecular complexity index is 934. The van der Waals surface area contributed by atoms with Crippen molar-refractivity contribution < 1.29 is 4.79 Å². The van der Waals surface area contributed by atoms with E-state index < -0.39 is 0 Å². The number of carbonyl (C=O) groups excluding carboxylic acids is 1. The number of nitrogens with one attached hydrogen (secondary N) is 1. The van der Waals surface area contributed by atoms with Gasteiger partial charge in [0.1, 0.15) is 0 Å². The van der Waals surface area contributed by atoms with E-state index in [4.69, 9.17) is 0 Å². The molecule has 1 fully saturated rings. The maximum absolute atomic E-state index is 13.4. The minimum absolute atomic E-state index is 0.0240. The Balaban J connectivity index is 1.56. The van der Waals surface area contributed by atoms with Crippen molar-refractivity contribution in [2.45, 2.75) is 64.6 Å². The number of likely N-dealkylation sites (tertiary alicyclic amines) is 1. The minimum atomic E-state index is -0.0240. The summed E-state index contributed by atoms with van der Waals surface area (Å²) in [4.78, 5) is 21.5. The Morgan fingerprint density at radius 3 is 2.82 bits per heavy atom.